The number of nitrogens with one attached hydrogen (secondary N) is 1. The molecule has 4 heteroatoms. The lowest BCUT2D eigenvalue weighted by atomic mass is 10.1. The van der Waals surface area contributed by atoms with Crippen LogP contribution in [0.5, 0.6) is 11.5 Å². The van der Waals surface area contributed by atoms with Crippen LogP contribution in [0.25, 0.3) is 0 Å². The first-order valence-electron chi connectivity index (χ1n) is 6.90. The van der Waals surface area contributed by atoms with Crippen LogP contribution in [-0.2, 0) is 4.74 Å². The minimum atomic E-state index is 0.0909. The molecule has 2 rings (SSSR count). The van der Waals surface area contributed by atoms with Crippen LogP contribution in [0.3, 0.4) is 0 Å². The molecule has 19 heavy (non-hydrogen) atoms. The number of benzene rings is 1. The molecule has 2 atom stereocenters. The van der Waals surface area contributed by atoms with E-state index in [9.17, 15) is 0 Å². The van der Waals surface area contributed by atoms with Crippen molar-refractivity contribution in [2.45, 2.75) is 32.4 Å². The summed E-state index contributed by atoms with van der Waals surface area (Å²) in [7, 11) is 1.68. The van der Waals surface area contributed by atoms with Gasteiger partial charge in [-0.1, -0.05) is 6.92 Å². The number of hydrogen-bond donors (Lipinski definition) is 1. The van der Waals surface area contributed by atoms with Crippen molar-refractivity contribution in [2.75, 3.05) is 26.9 Å². The van der Waals surface area contributed by atoms with Crippen LogP contribution < -0.4 is 14.8 Å². The average Bonchev–Trinajstić information content (AvgIpc) is 2.84. The average molecular weight is 265 g/mol. The highest BCUT2D eigenvalue weighted by molar-refractivity contribution is 5.45. The zero-order valence-corrected chi connectivity index (χ0v) is 11.9. The smallest absolute Gasteiger partial charge is 0.127 e. The fourth-order valence-corrected chi connectivity index (χ4v) is 2.05. The summed E-state index contributed by atoms with van der Waals surface area (Å²) < 4.78 is 16.5. The summed E-state index contributed by atoms with van der Waals surface area (Å²) in [6, 6.07) is 6.35. The lowest BCUT2D eigenvalue weighted by Crippen LogP contribution is -2.22. The van der Waals surface area contributed by atoms with Crippen molar-refractivity contribution in [3.8, 4) is 11.5 Å². The van der Waals surface area contributed by atoms with Crippen molar-refractivity contribution in [2.24, 2.45) is 0 Å². The molecule has 4 nitrogen and oxygen atoms in total. The molecule has 1 N–H and O–H groups in total. The van der Waals surface area contributed by atoms with Crippen molar-refractivity contribution in [3.63, 3.8) is 0 Å². The van der Waals surface area contributed by atoms with Crippen molar-refractivity contribution in [1.29, 1.82) is 0 Å². The molecule has 0 spiro atoms. The molecular formula is C15H23NO3. The van der Waals surface area contributed by atoms with E-state index in [1.165, 1.54) is 5.56 Å². The molecule has 0 aliphatic carbocycles. The molecule has 0 saturated heterocycles. The largest absolute Gasteiger partial charge is 0.491 e. The van der Waals surface area contributed by atoms with Crippen LogP contribution in [0.15, 0.2) is 18.2 Å². The number of ether oxygens (including phenoxy) is 3. The van der Waals surface area contributed by atoms with Crippen molar-refractivity contribution >= 4 is 0 Å². The predicted molar refractivity (Wildman–Crippen MR) is 74.9 cm³/mol. The molecule has 2 unspecified atom stereocenters. The molecule has 0 amide bonds. The van der Waals surface area contributed by atoms with Gasteiger partial charge in [0.2, 0.25) is 0 Å². The standard InChI is InChI=1S/C15H23NO3/c1-4-7-16-14-10-19-15-8-12(5-6-13(14)15)18-9-11(2)17-3/h5-6,8,11,14,16H,4,7,9-10H2,1-3H3. The Morgan fingerprint density at radius 1 is 1.47 bits per heavy atom. The maximum atomic E-state index is 5.71. The lowest BCUT2D eigenvalue weighted by Gasteiger charge is -2.13. The molecular weight excluding hydrogens is 242 g/mol. The molecule has 0 saturated carbocycles. The minimum absolute atomic E-state index is 0.0909. The molecule has 1 aromatic carbocycles. The predicted octanol–water partition coefficient (Wildman–Crippen LogP) is 2.53. The van der Waals surface area contributed by atoms with Crippen LogP contribution in [-0.4, -0.2) is 33.0 Å². The number of rotatable bonds is 7. The van der Waals surface area contributed by atoms with E-state index in [2.05, 4.69) is 18.3 Å². The van der Waals surface area contributed by atoms with E-state index in [0.717, 1.165) is 24.5 Å². The normalized spacial score (nSPS) is 18.8. The van der Waals surface area contributed by atoms with Gasteiger partial charge in [-0.2, -0.15) is 0 Å². The van der Waals surface area contributed by atoms with Gasteiger partial charge < -0.3 is 19.5 Å². The quantitative estimate of drug-likeness (QED) is 0.822. The molecule has 0 fully saturated rings. The Hall–Kier alpha value is -1.26. The third-order valence-electron chi connectivity index (χ3n) is 3.29. The zero-order valence-electron chi connectivity index (χ0n) is 11.9. The van der Waals surface area contributed by atoms with E-state index in [1.54, 1.807) is 7.11 Å². The molecule has 106 valence electrons. The van der Waals surface area contributed by atoms with E-state index in [1.807, 2.05) is 19.1 Å². The summed E-state index contributed by atoms with van der Waals surface area (Å²) >= 11 is 0. The van der Waals surface area contributed by atoms with Gasteiger partial charge in [0.05, 0.1) is 12.1 Å². The summed E-state index contributed by atoms with van der Waals surface area (Å²) in [5.74, 6) is 1.76. The molecule has 1 aliphatic rings. The van der Waals surface area contributed by atoms with Gasteiger partial charge >= 0.3 is 0 Å². The van der Waals surface area contributed by atoms with Gasteiger partial charge in [-0.3, -0.25) is 0 Å². The van der Waals surface area contributed by atoms with Crippen LogP contribution in [0.1, 0.15) is 31.9 Å². The van der Waals surface area contributed by atoms with E-state index in [-0.39, 0.29) is 6.10 Å². The van der Waals surface area contributed by atoms with Crippen molar-refractivity contribution in [3.05, 3.63) is 23.8 Å². The van der Waals surface area contributed by atoms with E-state index in [0.29, 0.717) is 19.3 Å². The second kappa shape index (κ2) is 6.78. The van der Waals surface area contributed by atoms with Crippen LogP contribution >= 0.6 is 0 Å². The molecule has 0 bridgehead atoms. The Morgan fingerprint density at radius 3 is 3.05 bits per heavy atom. The highest BCUT2D eigenvalue weighted by Crippen LogP contribution is 2.35. The Labute approximate surface area is 115 Å². The summed E-state index contributed by atoms with van der Waals surface area (Å²) in [5.41, 5.74) is 1.22. The van der Waals surface area contributed by atoms with Crippen molar-refractivity contribution < 1.29 is 14.2 Å². The Kier molecular flexibility index (Phi) is 5.05. The van der Waals surface area contributed by atoms with Gasteiger partial charge in [0, 0.05) is 18.7 Å². The fourth-order valence-electron chi connectivity index (χ4n) is 2.05. The zero-order chi connectivity index (χ0) is 13.7. The summed E-state index contributed by atoms with van der Waals surface area (Å²) in [6.45, 7) is 6.41. The van der Waals surface area contributed by atoms with Crippen molar-refractivity contribution in [1.82, 2.24) is 5.32 Å². The van der Waals surface area contributed by atoms with E-state index in [4.69, 9.17) is 14.2 Å². The molecule has 1 aliphatic heterocycles. The number of hydrogen-bond acceptors (Lipinski definition) is 4. The first-order chi connectivity index (χ1) is 9.24. The SMILES string of the molecule is CCCNC1COc2cc(OCC(C)OC)ccc21. The van der Waals surface area contributed by atoms with E-state index >= 15 is 0 Å². The van der Waals surface area contributed by atoms with Crippen LogP contribution in [0, 0.1) is 0 Å². The van der Waals surface area contributed by atoms with E-state index < -0.39 is 0 Å². The Balaban J connectivity index is 1.97. The Morgan fingerprint density at radius 2 is 2.32 bits per heavy atom. The maximum absolute atomic E-state index is 5.71. The lowest BCUT2D eigenvalue weighted by molar-refractivity contribution is 0.0716. The third kappa shape index (κ3) is 3.61. The van der Waals surface area contributed by atoms with Gasteiger partial charge in [0.1, 0.15) is 24.7 Å². The first-order valence-corrected chi connectivity index (χ1v) is 6.90. The molecule has 0 radical (unpaired) electrons. The summed E-state index contributed by atoms with van der Waals surface area (Å²) in [6.07, 6.45) is 1.22. The highest BCUT2D eigenvalue weighted by Gasteiger charge is 2.23. The summed E-state index contributed by atoms with van der Waals surface area (Å²) in [5, 5.41) is 3.48. The third-order valence-corrected chi connectivity index (χ3v) is 3.29. The number of fused-ring (bicyclic) bond motifs is 1. The van der Waals surface area contributed by atoms with Gasteiger partial charge in [-0.15, -0.1) is 0 Å². The maximum Gasteiger partial charge on any atom is 0.127 e. The second-order valence-electron chi connectivity index (χ2n) is 4.87. The Bertz CT molecular complexity index is 408. The molecule has 1 heterocycles. The van der Waals surface area contributed by atoms with Gasteiger partial charge in [0.15, 0.2) is 0 Å². The molecule has 0 aromatic heterocycles. The second-order valence-corrected chi connectivity index (χ2v) is 4.87. The summed E-state index contributed by atoms with van der Waals surface area (Å²) in [4.78, 5) is 0. The topological polar surface area (TPSA) is 39.7 Å². The monoisotopic (exact) mass is 265 g/mol. The minimum Gasteiger partial charge on any atom is -0.491 e. The van der Waals surface area contributed by atoms with Crippen LogP contribution in [0.4, 0.5) is 0 Å². The molecule has 1 aromatic rings. The highest BCUT2D eigenvalue weighted by atomic mass is 16.5. The fraction of sp³-hybridized carbons (Fsp3) is 0.600. The first kappa shape index (κ1) is 14.2. The van der Waals surface area contributed by atoms with Gasteiger partial charge in [0.25, 0.3) is 0 Å². The van der Waals surface area contributed by atoms with Gasteiger partial charge in [-0.05, 0) is 32.0 Å². The number of methoxy groups -OCH3 is 1. The van der Waals surface area contributed by atoms with Crippen LogP contribution in [0.2, 0.25) is 0 Å². The van der Waals surface area contributed by atoms with Gasteiger partial charge in [-0.25, -0.2) is 0 Å².